The van der Waals surface area contributed by atoms with Crippen molar-refractivity contribution in [3.05, 3.63) is 89.5 Å². The highest BCUT2D eigenvalue weighted by Gasteiger charge is 2.10. The Bertz CT molecular complexity index is 1220. The molecule has 0 saturated carbocycles. The number of benzene rings is 3. The first-order valence-corrected chi connectivity index (χ1v) is 10.4. The summed E-state index contributed by atoms with van der Waals surface area (Å²) in [6.45, 7) is -0.136. The van der Waals surface area contributed by atoms with Gasteiger partial charge in [0.2, 0.25) is 23.8 Å². The van der Waals surface area contributed by atoms with Gasteiger partial charge in [0.05, 0.1) is 6.54 Å². The number of anilines is 6. The van der Waals surface area contributed by atoms with E-state index in [1.807, 2.05) is 0 Å². The summed E-state index contributed by atoms with van der Waals surface area (Å²) in [4.78, 5) is 25.1. The molecule has 0 spiro atoms. The second-order valence-corrected chi connectivity index (χ2v) is 7.42. The smallest absolute Gasteiger partial charge is 0.243 e. The summed E-state index contributed by atoms with van der Waals surface area (Å²) in [6, 6.07) is 18.0. The highest BCUT2D eigenvalue weighted by atomic mass is 35.5. The normalized spacial score (nSPS) is 10.4. The number of nitrogens with one attached hydrogen (secondary N) is 4. The number of hydrogen-bond acceptors (Lipinski definition) is 7. The Morgan fingerprint density at radius 1 is 0.735 bits per heavy atom. The first-order valence-electron chi connectivity index (χ1n) is 10.0. The third-order valence-corrected chi connectivity index (χ3v) is 4.59. The lowest BCUT2D eigenvalue weighted by Crippen LogP contribution is -2.23. The van der Waals surface area contributed by atoms with Crippen molar-refractivity contribution >= 4 is 52.4 Å². The van der Waals surface area contributed by atoms with Crippen molar-refractivity contribution in [1.82, 2.24) is 15.0 Å². The lowest BCUT2D eigenvalue weighted by atomic mass is 10.3. The van der Waals surface area contributed by atoms with E-state index in [1.165, 1.54) is 48.5 Å². The predicted octanol–water partition coefficient (Wildman–Crippen LogP) is 5.34. The quantitative estimate of drug-likeness (QED) is 0.269. The van der Waals surface area contributed by atoms with Crippen LogP contribution in [0.2, 0.25) is 5.02 Å². The average molecular weight is 482 g/mol. The minimum absolute atomic E-state index is 0.102. The molecule has 4 N–H and O–H groups in total. The van der Waals surface area contributed by atoms with E-state index < -0.39 is 0 Å². The first-order chi connectivity index (χ1) is 16.4. The van der Waals surface area contributed by atoms with Crippen LogP contribution in [-0.2, 0) is 4.79 Å². The van der Waals surface area contributed by atoms with Crippen LogP contribution in [0.5, 0.6) is 0 Å². The van der Waals surface area contributed by atoms with Gasteiger partial charge in [0.15, 0.2) is 0 Å². The monoisotopic (exact) mass is 481 g/mol. The fourth-order valence-electron chi connectivity index (χ4n) is 2.82. The van der Waals surface area contributed by atoms with E-state index in [2.05, 4.69) is 36.2 Å². The van der Waals surface area contributed by atoms with Gasteiger partial charge in [0, 0.05) is 22.1 Å². The average Bonchev–Trinajstić information content (AvgIpc) is 2.81. The Morgan fingerprint density at radius 3 is 1.79 bits per heavy atom. The number of rotatable bonds is 8. The van der Waals surface area contributed by atoms with Crippen molar-refractivity contribution in [2.24, 2.45) is 0 Å². The van der Waals surface area contributed by atoms with Gasteiger partial charge >= 0.3 is 0 Å². The zero-order valence-electron chi connectivity index (χ0n) is 17.5. The number of nitrogens with zero attached hydrogens (tertiary/aromatic N) is 3. The third kappa shape index (κ3) is 6.59. The van der Waals surface area contributed by atoms with Gasteiger partial charge in [0.1, 0.15) is 11.6 Å². The molecule has 34 heavy (non-hydrogen) atoms. The molecule has 1 amide bonds. The minimum Gasteiger partial charge on any atom is -0.345 e. The van der Waals surface area contributed by atoms with Crippen molar-refractivity contribution in [3.63, 3.8) is 0 Å². The molecule has 11 heteroatoms. The highest BCUT2D eigenvalue weighted by Crippen LogP contribution is 2.19. The van der Waals surface area contributed by atoms with Gasteiger partial charge in [-0.3, -0.25) is 4.79 Å². The Kier molecular flexibility index (Phi) is 7.09. The van der Waals surface area contributed by atoms with Gasteiger partial charge in [-0.15, -0.1) is 0 Å². The van der Waals surface area contributed by atoms with Crippen molar-refractivity contribution < 1.29 is 13.6 Å². The third-order valence-electron chi connectivity index (χ3n) is 4.35. The Hall–Kier alpha value is -4.31. The van der Waals surface area contributed by atoms with E-state index in [9.17, 15) is 13.6 Å². The van der Waals surface area contributed by atoms with Gasteiger partial charge in [-0.1, -0.05) is 17.7 Å². The molecular formula is C23H18ClF2N7O. The molecule has 0 saturated heterocycles. The number of carbonyl (C=O) groups excluding carboxylic acids is 1. The molecule has 1 heterocycles. The van der Waals surface area contributed by atoms with E-state index in [0.29, 0.717) is 22.1 Å². The molecule has 8 nitrogen and oxygen atoms in total. The van der Waals surface area contributed by atoms with Crippen LogP contribution in [-0.4, -0.2) is 27.4 Å². The molecule has 1 aromatic heterocycles. The SMILES string of the molecule is O=C(CNc1nc(Nc2ccc(F)cc2)nc(Nc2ccc(F)cc2)n1)Nc1cccc(Cl)c1. The van der Waals surface area contributed by atoms with Gasteiger partial charge in [0.25, 0.3) is 0 Å². The van der Waals surface area contributed by atoms with Crippen LogP contribution in [0.15, 0.2) is 72.8 Å². The summed E-state index contributed by atoms with van der Waals surface area (Å²) in [5.41, 5.74) is 1.64. The number of carbonyl (C=O) groups is 1. The molecule has 172 valence electrons. The summed E-state index contributed by atoms with van der Waals surface area (Å²) in [7, 11) is 0. The Balaban J connectivity index is 1.51. The highest BCUT2D eigenvalue weighted by molar-refractivity contribution is 6.30. The first kappa shape index (κ1) is 22.9. The van der Waals surface area contributed by atoms with Gasteiger partial charge in [-0.2, -0.15) is 15.0 Å². The minimum atomic E-state index is -0.382. The zero-order valence-corrected chi connectivity index (χ0v) is 18.3. The standard InChI is InChI=1S/C23H18ClF2N7O/c24-14-2-1-3-19(12-14)28-20(34)13-27-21-31-22(29-17-8-4-15(25)5-9-17)33-23(32-21)30-18-10-6-16(26)7-11-18/h1-12H,13H2,(H,28,34)(H3,27,29,30,31,32,33). The fourth-order valence-corrected chi connectivity index (χ4v) is 3.01. The molecule has 0 unspecified atom stereocenters. The topological polar surface area (TPSA) is 104 Å². The molecule has 0 radical (unpaired) electrons. The fraction of sp³-hybridized carbons (Fsp3) is 0.0435. The van der Waals surface area contributed by atoms with Gasteiger partial charge < -0.3 is 21.3 Å². The van der Waals surface area contributed by atoms with Crippen molar-refractivity contribution in [1.29, 1.82) is 0 Å². The lowest BCUT2D eigenvalue weighted by Gasteiger charge is -2.12. The van der Waals surface area contributed by atoms with Gasteiger partial charge in [-0.25, -0.2) is 8.78 Å². The molecule has 0 aliphatic heterocycles. The van der Waals surface area contributed by atoms with E-state index in [0.717, 1.165) is 0 Å². The molecule has 4 aromatic rings. The largest absolute Gasteiger partial charge is 0.345 e. The second-order valence-electron chi connectivity index (χ2n) is 6.98. The summed E-state index contributed by atoms with van der Waals surface area (Å²) >= 11 is 5.94. The maximum Gasteiger partial charge on any atom is 0.243 e. The van der Waals surface area contributed by atoms with Crippen molar-refractivity contribution in [2.45, 2.75) is 0 Å². The molecule has 0 atom stereocenters. The van der Waals surface area contributed by atoms with Crippen LogP contribution in [0, 0.1) is 11.6 Å². The van der Waals surface area contributed by atoms with Crippen LogP contribution in [0.3, 0.4) is 0 Å². The molecule has 0 fully saturated rings. The van der Waals surface area contributed by atoms with Crippen LogP contribution < -0.4 is 21.3 Å². The number of aromatic nitrogens is 3. The second kappa shape index (κ2) is 10.5. The van der Waals surface area contributed by atoms with Crippen LogP contribution in [0.4, 0.5) is 43.7 Å². The van der Waals surface area contributed by atoms with Crippen LogP contribution in [0.25, 0.3) is 0 Å². The van der Waals surface area contributed by atoms with Crippen LogP contribution in [0.1, 0.15) is 0 Å². The van der Waals surface area contributed by atoms with Crippen molar-refractivity contribution in [3.8, 4) is 0 Å². The number of hydrogen-bond donors (Lipinski definition) is 4. The van der Waals surface area contributed by atoms with E-state index >= 15 is 0 Å². The van der Waals surface area contributed by atoms with E-state index in [-0.39, 0.29) is 41.9 Å². The predicted molar refractivity (Wildman–Crippen MR) is 128 cm³/mol. The summed E-state index contributed by atoms with van der Waals surface area (Å²) < 4.78 is 26.4. The Labute approximate surface area is 198 Å². The molecule has 4 rings (SSSR count). The maximum atomic E-state index is 13.2. The number of amides is 1. The van der Waals surface area contributed by atoms with Crippen LogP contribution >= 0.6 is 11.6 Å². The van der Waals surface area contributed by atoms with E-state index in [1.54, 1.807) is 24.3 Å². The number of halogens is 3. The molecule has 0 aliphatic rings. The van der Waals surface area contributed by atoms with Crippen molar-refractivity contribution in [2.75, 3.05) is 27.8 Å². The maximum absolute atomic E-state index is 13.2. The molecular weight excluding hydrogens is 464 g/mol. The molecule has 0 bridgehead atoms. The zero-order chi connectivity index (χ0) is 23.9. The molecule has 0 aliphatic carbocycles. The summed E-state index contributed by atoms with van der Waals surface area (Å²) in [5.74, 6) is -0.719. The molecule has 3 aromatic carbocycles. The van der Waals surface area contributed by atoms with E-state index in [4.69, 9.17) is 11.6 Å². The summed E-state index contributed by atoms with van der Waals surface area (Å²) in [6.07, 6.45) is 0. The summed E-state index contributed by atoms with van der Waals surface area (Å²) in [5, 5.41) is 12.0. The Morgan fingerprint density at radius 2 is 1.26 bits per heavy atom. The van der Waals surface area contributed by atoms with Gasteiger partial charge in [-0.05, 0) is 66.7 Å². The lowest BCUT2D eigenvalue weighted by molar-refractivity contribution is -0.114.